The first-order valence-electron chi connectivity index (χ1n) is 7.69. The molecule has 0 amide bonds. The predicted octanol–water partition coefficient (Wildman–Crippen LogP) is 4.49. The van der Waals surface area contributed by atoms with Gasteiger partial charge < -0.3 is 4.90 Å². The van der Waals surface area contributed by atoms with Gasteiger partial charge in [0.05, 0.1) is 0 Å². The lowest BCUT2D eigenvalue weighted by Crippen LogP contribution is -2.45. The Hall–Kier alpha value is -0.530. The van der Waals surface area contributed by atoms with E-state index < -0.39 is 0 Å². The lowest BCUT2D eigenvalue weighted by molar-refractivity contribution is 0.121. The maximum absolute atomic E-state index is 6.03. The monoisotopic (exact) mass is 277 g/mol. The molecule has 0 spiro atoms. The molecule has 2 heteroatoms. The zero-order chi connectivity index (χ0) is 13.3. The Bertz CT molecular complexity index is 415. The highest BCUT2D eigenvalue weighted by Crippen LogP contribution is 2.49. The summed E-state index contributed by atoms with van der Waals surface area (Å²) in [5.74, 6) is 0.750. The number of hydrogen-bond acceptors (Lipinski definition) is 1. The van der Waals surface area contributed by atoms with Crippen LogP contribution in [0.3, 0.4) is 0 Å². The summed E-state index contributed by atoms with van der Waals surface area (Å²) in [6.45, 7) is 6.33. The first kappa shape index (κ1) is 13.5. The van der Waals surface area contributed by atoms with Gasteiger partial charge in [-0.2, -0.15) is 0 Å². The van der Waals surface area contributed by atoms with Crippen molar-refractivity contribution < 1.29 is 0 Å². The summed E-state index contributed by atoms with van der Waals surface area (Å²) in [6, 6.07) is 8.61. The van der Waals surface area contributed by atoms with E-state index in [-0.39, 0.29) is 0 Å². The molecule has 1 aromatic rings. The molecule has 1 unspecified atom stereocenters. The molecule has 1 saturated carbocycles. The molecule has 1 aliphatic carbocycles. The quantitative estimate of drug-likeness (QED) is 0.784. The van der Waals surface area contributed by atoms with E-state index >= 15 is 0 Å². The van der Waals surface area contributed by atoms with Crippen molar-refractivity contribution in [1.82, 2.24) is 4.90 Å². The fourth-order valence-corrected chi connectivity index (χ4v) is 4.06. The summed E-state index contributed by atoms with van der Waals surface area (Å²) in [4.78, 5) is 2.65. The third-order valence-corrected chi connectivity index (χ3v) is 5.59. The molecule has 2 fully saturated rings. The molecule has 1 atom stereocenters. The molecule has 1 saturated heterocycles. The second-order valence-corrected chi connectivity index (χ2v) is 6.86. The van der Waals surface area contributed by atoms with Crippen molar-refractivity contribution in [1.29, 1.82) is 0 Å². The lowest BCUT2D eigenvalue weighted by Gasteiger charge is -2.48. The summed E-state index contributed by atoms with van der Waals surface area (Å²) >= 11 is 6.03. The van der Waals surface area contributed by atoms with Gasteiger partial charge in [-0.25, -0.2) is 0 Å². The Morgan fingerprint density at radius 2 is 1.74 bits per heavy atom. The molecule has 1 aromatic carbocycles. The van der Waals surface area contributed by atoms with Gasteiger partial charge in [0.2, 0.25) is 0 Å². The van der Waals surface area contributed by atoms with E-state index in [0.29, 0.717) is 5.41 Å². The zero-order valence-electron chi connectivity index (χ0n) is 11.9. The Morgan fingerprint density at radius 1 is 1.11 bits per heavy atom. The minimum atomic E-state index is 0.424. The fourth-order valence-electron chi connectivity index (χ4n) is 3.93. The molecule has 1 heterocycles. The largest absolute Gasteiger partial charge is 0.303 e. The summed E-state index contributed by atoms with van der Waals surface area (Å²) in [6.07, 6.45) is 6.86. The van der Waals surface area contributed by atoms with Crippen molar-refractivity contribution in [3.63, 3.8) is 0 Å². The minimum Gasteiger partial charge on any atom is -0.303 e. The number of hydrogen-bond donors (Lipinski definition) is 0. The number of likely N-dealkylation sites (tertiary alicyclic amines) is 1. The van der Waals surface area contributed by atoms with Gasteiger partial charge in [0.1, 0.15) is 0 Å². The molecular formula is C17H24ClN. The second-order valence-electron chi connectivity index (χ2n) is 6.43. The highest BCUT2D eigenvalue weighted by atomic mass is 35.5. The third kappa shape index (κ3) is 2.55. The molecular weight excluding hydrogens is 254 g/mol. The standard InChI is InChI=1S/C17H24ClN/c1-14(13-19-11-2-3-12-19)17(9-4-10-17)15-5-7-16(18)8-6-15/h5-8,14H,2-4,9-13H2,1H3. The van der Waals surface area contributed by atoms with Gasteiger partial charge in [-0.3, -0.25) is 0 Å². The van der Waals surface area contributed by atoms with E-state index in [1.165, 1.54) is 57.3 Å². The molecule has 19 heavy (non-hydrogen) atoms. The lowest BCUT2D eigenvalue weighted by atomic mass is 9.58. The van der Waals surface area contributed by atoms with Gasteiger partial charge in [0.15, 0.2) is 0 Å². The van der Waals surface area contributed by atoms with Gasteiger partial charge >= 0.3 is 0 Å². The first-order valence-corrected chi connectivity index (χ1v) is 8.07. The summed E-state index contributed by atoms with van der Waals surface area (Å²) in [7, 11) is 0. The van der Waals surface area contributed by atoms with Gasteiger partial charge in [-0.05, 0) is 67.8 Å². The summed E-state index contributed by atoms with van der Waals surface area (Å²) < 4.78 is 0. The molecule has 0 bridgehead atoms. The SMILES string of the molecule is CC(CN1CCCC1)C1(c2ccc(Cl)cc2)CCC1. The molecule has 3 rings (SSSR count). The highest BCUT2D eigenvalue weighted by Gasteiger charge is 2.43. The van der Waals surface area contributed by atoms with E-state index in [4.69, 9.17) is 11.6 Å². The van der Waals surface area contributed by atoms with Crippen LogP contribution in [0.4, 0.5) is 0 Å². The van der Waals surface area contributed by atoms with Crippen molar-refractivity contribution in [3.05, 3.63) is 34.9 Å². The summed E-state index contributed by atoms with van der Waals surface area (Å²) in [5.41, 5.74) is 1.93. The Balaban J connectivity index is 1.76. The van der Waals surface area contributed by atoms with Crippen LogP contribution in [-0.4, -0.2) is 24.5 Å². The molecule has 1 aliphatic heterocycles. The van der Waals surface area contributed by atoms with Crippen LogP contribution in [0.2, 0.25) is 5.02 Å². The van der Waals surface area contributed by atoms with Gasteiger partial charge in [-0.1, -0.05) is 37.1 Å². The smallest absolute Gasteiger partial charge is 0.0406 e. The van der Waals surface area contributed by atoms with Crippen LogP contribution in [0.5, 0.6) is 0 Å². The number of halogens is 1. The topological polar surface area (TPSA) is 3.24 Å². The van der Waals surface area contributed by atoms with Crippen molar-refractivity contribution in [2.45, 2.75) is 44.4 Å². The van der Waals surface area contributed by atoms with E-state index in [9.17, 15) is 0 Å². The van der Waals surface area contributed by atoms with Crippen LogP contribution in [0.1, 0.15) is 44.6 Å². The van der Waals surface area contributed by atoms with Crippen LogP contribution in [0.25, 0.3) is 0 Å². The Labute approximate surface area is 121 Å². The number of nitrogens with zero attached hydrogens (tertiary/aromatic N) is 1. The van der Waals surface area contributed by atoms with Gasteiger partial charge in [-0.15, -0.1) is 0 Å². The minimum absolute atomic E-state index is 0.424. The van der Waals surface area contributed by atoms with Crippen molar-refractivity contribution in [2.24, 2.45) is 5.92 Å². The van der Waals surface area contributed by atoms with Crippen LogP contribution >= 0.6 is 11.6 Å². The maximum atomic E-state index is 6.03. The fraction of sp³-hybridized carbons (Fsp3) is 0.647. The van der Waals surface area contributed by atoms with Crippen molar-refractivity contribution >= 4 is 11.6 Å². The first-order chi connectivity index (χ1) is 9.21. The normalized spacial score (nSPS) is 24.1. The van der Waals surface area contributed by atoms with Gasteiger partial charge in [0.25, 0.3) is 0 Å². The molecule has 0 aromatic heterocycles. The van der Waals surface area contributed by atoms with Crippen LogP contribution in [0, 0.1) is 5.92 Å². The Kier molecular flexibility index (Phi) is 3.86. The van der Waals surface area contributed by atoms with Crippen LogP contribution in [-0.2, 0) is 5.41 Å². The second kappa shape index (κ2) is 5.46. The molecule has 104 valence electrons. The highest BCUT2D eigenvalue weighted by molar-refractivity contribution is 6.30. The number of benzene rings is 1. The predicted molar refractivity (Wildman–Crippen MR) is 81.8 cm³/mol. The third-order valence-electron chi connectivity index (χ3n) is 5.34. The molecule has 0 radical (unpaired) electrons. The average molecular weight is 278 g/mol. The number of rotatable bonds is 4. The van der Waals surface area contributed by atoms with Gasteiger partial charge in [0, 0.05) is 11.6 Å². The van der Waals surface area contributed by atoms with E-state index in [0.717, 1.165) is 10.9 Å². The zero-order valence-corrected chi connectivity index (χ0v) is 12.6. The molecule has 1 nitrogen and oxygen atoms in total. The average Bonchev–Trinajstić information content (AvgIpc) is 2.83. The van der Waals surface area contributed by atoms with Crippen molar-refractivity contribution in [2.75, 3.05) is 19.6 Å². The summed E-state index contributed by atoms with van der Waals surface area (Å²) in [5, 5.41) is 0.852. The van der Waals surface area contributed by atoms with E-state index in [1.807, 2.05) is 0 Å². The van der Waals surface area contributed by atoms with E-state index in [2.05, 4.69) is 36.1 Å². The van der Waals surface area contributed by atoms with Crippen LogP contribution < -0.4 is 0 Å². The Morgan fingerprint density at radius 3 is 2.26 bits per heavy atom. The maximum Gasteiger partial charge on any atom is 0.0406 e. The molecule has 0 N–H and O–H groups in total. The van der Waals surface area contributed by atoms with Crippen LogP contribution in [0.15, 0.2) is 24.3 Å². The molecule has 2 aliphatic rings. The van der Waals surface area contributed by atoms with Crippen molar-refractivity contribution in [3.8, 4) is 0 Å². The van der Waals surface area contributed by atoms with E-state index in [1.54, 1.807) is 0 Å².